The summed E-state index contributed by atoms with van der Waals surface area (Å²) >= 11 is 1.28. The Balaban J connectivity index is 1.82. The first-order chi connectivity index (χ1) is 9.63. The zero-order chi connectivity index (χ0) is 14.4. The summed E-state index contributed by atoms with van der Waals surface area (Å²) in [6, 6.07) is 9.48. The summed E-state index contributed by atoms with van der Waals surface area (Å²) < 4.78 is 5.16. The third-order valence-electron chi connectivity index (χ3n) is 2.40. The van der Waals surface area contributed by atoms with Crippen LogP contribution in [-0.4, -0.2) is 16.9 Å². The van der Waals surface area contributed by atoms with Crippen molar-refractivity contribution in [2.75, 3.05) is 5.32 Å². The number of nitrogens with one attached hydrogen (secondary N) is 1. The van der Waals surface area contributed by atoms with Gasteiger partial charge in [-0.25, -0.2) is 4.98 Å². The van der Waals surface area contributed by atoms with Gasteiger partial charge in [-0.2, -0.15) is 0 Å². The Morgan fingerprint density at radius 3 is 2.75 bits per heavy atom. The van der Waals surface area contributed by atoms with Gasteiger partial charge in [-0.1, -0.05) is 30.3 Å². The highest BCUT2D eigenvalue weighted by molar-refractivity contribution is 7.13. The van der Waals surface area contributed by atoms with Crippen LogP contribution in [0.15, 0.2) is 35.7 Å². The van der Waals surface area contributed by atoms with Gasteiger partial charge in [0.05, 0.1) is 12.1 Å². The molecular formula is C14H14N2O3S. The smallest absolute Gasteiger partial charge is 0.312 e. The summed E-state index contributed by atoms with van der Waals surface area (Å²) in [6.45, 7) is 1.66. The molecule has 0 saturated carbocycles. The summed E-state index contributed by atoms with van der Waals surface area (Å²) in [5, 5.41) is 4.79. The van der Waals surface area contributed by atoms with Crippen LogP contribution < -0.4 is 5.32 Å². The Bertz CT molecular complexity index is 595. The zero-order valence-corrected chi connectivity index (χ0v) is 11.8. The second-order valence-corrected chi connectivity index (χ2v) is 5.01. The van der Waals surface area contributed by atoms with Crippen LogP contribution in [0.1, 0.15) is 18.2 Å². The van der Waals surface area contributed by atoms with Crippen molar-refractivity contribution in [2.45, 2.75) is 20.0 Å². The number of carbonyl (C=O) groups is 2. The highest BCUT2D eigenvalue weighted by Gasteiger charge is 2.09. The topological polar surface area (TPSA) is 68.3 Å². The number of thiazole rings is 1. The molecule has 0 aliphatic carbocycles. The molecule has 1 amide bonds. The minimum Gasteiger partial charge on any atom is -0.461 e. The van der Waals surface area contributed by atoms with Crippen LogP contribution in [0.5, 0.6) is 0 Å². The van der Waals surface area contributed by atoms with E-state index in [-0.39, 0.29) is 24.9 Å². The number of benzene rings is 1. The largest absolute Gasteiger partial charge is 0.461 e. The van der Waals surface area contributed by atoms with Crippen molar-refractivity contribution in [3.63, 3.8) is 0 Å². The van der Waals surface area contributed by atoms with Gasteiger partial charge in [-0.05, 0) is 5.56 Å². The molecule has 2 rings (SSSR count). The number of esters is 1. The molecule has 0 radical (unpaired) electrons. The SMILES string of the molecule is CC(=O)Nc1nc(CC(=O)OCc2ccccc2)cs1. The van der Waals surface area contributed by atoms with Gasteiger partial charge in [0.2, 0.25) is 5.91 Å². The Kier molecular flexibility index (Phi) is 4.84. The summed E-state index contributed by atoms with van der Waals surface area (Å²) in [5.41, 5.74) is 1.54. The maximum Gasteiger partial charge on any atom is 0.312 e. The van der Waals surface area contributed by atoms with E-state index in [1.54, 1.807) is 5.38 Å². The summed E-state index contributed by atoms with van der Waals surface area (Å²) in [5.74, 6) is -0.522. The molecule has 0 saturated heterocycles. The van der Waals surface area contributed by atoms with Crippen LogP contribution in [0, 0.1) is 0 Å². The van der Waals surface area contributed by atoms with Crippen LogP contribution in [0.2, 0.25) is 0 Å². The molecule has 104 valence electrons. The molecule has 1 aromatic carbocycles. The van der Waals surface area contributed by atoms with Gasteiger partial charge in [0, 0.05) is 12.3 Å². The molecule has 0 unspecified atom stereocenters. The van der Waals surface area contributed by atoms with Gasteiger partial charge >= 0.3 is 5.97 Å². The second kappa shape index (κ2) is 6.81. The maximum absolute atomic E-state index is 11.7. The molecule has 2 aromatic rings. The molecule has 0 aliphatic heterocycles. The highest BCUT2D eigenvalue weighted by Crippen LogP contribution is 2.16. The molecule has 0 atom stereocenters. The quantitative estimate of drug-likeness (QED) is 0.858. The third-order valence-corrected chi connectivity index (χ3v) is 3.21. The number of ether oxygens (including phenoxy) is 1. The van der Waals surface area contributed by atoms with Crippen molar-refractivity contribution in [3.05, 3.63) is 47.0 Å². The molecule has 1 aromatic heterocycles. The van der Waals surface area contributed by atoms with Crippen LogP contribution in [0.25, 0.3) is 0 Å². The first-order valence-electron chi connectivity index (χ1n) is 6.05. The van der Waals surface area contributed by atoms with Gasteiger partial charge in [0.15, 0.2) is 5.13 Å². The molecule has 0 spiro atoms. The lowest BCUT2D eigenvalue weighted by atomic mass is 10.2. The molecule has 1 heterocycles. The van der Waals surface area contributed by atoms with Crippen molar-refractivity contribution in [1.82, 2.24) is 4.98 Å². The average Bonchev–Trinajstić information content (AvgIpc) is 2.84. The standard InChI is InChI=1S/C14H14N2O3S/c1-10(17)15-14-16-12(9-20-14)7-13(18)19-8-11-5-3-2-4-6-11/h2-6,9H,7-8H2,1H3,(H,15,16,17). The van der Waals surface area contributed by atoms with Crippen molar-refractivity contribution in [1.29, 1.82) is 0 Å². The van der Waals surface area contributed by atoms with E-state index in [0.29, 0.717) is 10.8 Å². The number of aromatic nitrogens is 1. The fourth-order valence-corrected chi connectivity index (χ4v) is 2.29. The average molecular weight is 290 g/mol. The Morgan fingerprint density at radius 2 is 2.05 bits per heavy atom. The molecule has 0 bridgehead atoms. The lowest BCUT2D eigenvalue weighted by Gasteiger charge is -2.03. The molecular weight excluding hydrogens is 276 g/mol. The number of nitrogens with zero attached hydrogens (tertiary/aromatic N) is 1. The number of hydrogen-bond acceptors (Lipinski definition) is 5. The van der Waals surface area contributed by atoms with Crippen LogP contribution >= 0.6 is 11.3 Å². The van der Waals surface area contributed by atoms with Gasteiger partial charge < -0.3 is 10.1 Å². The lowest BCUT2D eigenvalue weighted by molar-refractivity contribution is -0.144. The second-order valence-electron chi connectivity index (χ2n) is 4.15. The Hall–Kier alpha value is -2.21. The Morgan fingerprint density at radius 1 is 1.30 bits per heavy atom. The minimum atomic E-state index is -0.339. The van der Waals surface area contributed by atoms with E-state index >= 15 is 0 Å². The fourth-order valence-electron chi connectivity index (χ4n) is 1.53. The summed E-state index contributed by atoms with van der Waals surface area (Å²) in [7, 11) is 0. The number of rotatable bonds is 5. The van der Waals surface area contributed by atoms with E-state index in [1.807, 2.05) is 30.3 Å². The molecule has 6 heteroatoms. The van der Waals surface area contributed by atoms with E-state index < -0.39 is 0 Å². The van der Waals surface area contributed by atoms with Crippen LogP contribution in [0.4, 0.5) is 5.13 Å². The molecule has 0 aliphatic rings. The number of amides is 1. The van der Waals surface area contributed by atoms with Crippen molar-refractivity contribution in [3.8, 4) is 0 Å². The number of carbonyl (C=O) groups excluding carboxylic acids is 2. The lowest BCUT2D eigenvalue weighted by Crippen LogP contribution is -2.09. The summed E-state index contributed by atoms with van der Waals surface area (Å²) in [4.78, 5) is 26.7. The predicted octanol–water partition coefficient (Wildman–Crippen LogP) is 2.39. The van der Waals surface area contributed by atoms with E-state index in [1.165, 1.54) is 18.3 Å². The molecule has 20 heavy (non-hydrogen) atoms. The normalized spacial score (nSPS) is 10.1. The van der Waals surface area contributed by atoms with Crippen molar-refractivity contribution >= 4 is 28.3 Å². The van der Waals surface area contributed by atoms with Gasteiger partial charge in [0.1, 0.15) is 6.61 Å². The van der Waals surface area contributed by atoms with Crippen LogP contribution in [-0.2, 0) is 27.4 Å². The van der Waals surface area contributed by atoms with E-state index in [2.05, 4.69) is 10.3 Å². The first kappa shape index (κ1) is 14.2. The zero-order valence-electron chi connectivity index (χ0n) is 11.0. The van der Waals surface area contributed by atoms with E-state index in [4.69, 9.17) is 4.74 Å². The monoisotopic (exact) mass is 290 g/mol. The van der Waals surface area contributed by atoms with Gasteiger partial charge in [0.25, 0.3) is 0 Å². The molecule has 0 fully saturated rings. The van der Waals surface area contributed by atoms with Crippen molar-refractivity contribution in [2.24, 2.45) is 0 Å². The fraction of sp³-hybridized carbons (Fsp3) is 0.214. The molecule has 1 N–H and O–H groups in total. The van der Waals surface area contributed by atoms with E-state index in [9.17, 15) is 9.59 Å². The van der Waals surface area contributed by atoms with Crippen molar-refractivity contribution < 1.29 is 14.3 Å². The number of anilines is 1. The highest BCUT2D eigenvalue weighted by atomic mass is 32.1. The number of hydrogen-bond donors (Lipinski definition) is 1. The maximum atomic E-state index is 11.7. The summed E-state index contributed by atoms with van der Waals surface area (Å²) in [6.07, 6.45) is 0.100. The molecule has 5 nitrogen and oxygen atoms in total. The Labute approximate surface area is 120 Å². The van der Waals surface area contributed by atoms with Gasteiger partial charge in [-0.3, -0.25) is 9.59 Å². The van der Waals surface area contributed by atoms with Gasteiger partial charge in [-0.15, -0.1) is 11.3 Å². The predicted molar refractivity (Wildman–Crippen MR) is 76.4 cm³/mol. The van der Waals surface area contributed by atoms with Crippen LogP contribution in [0.3, 0.4) is 0 Å². The third kappa shape index (κ3) is 4.47. The van der Waals surface area contributed by atoms with E-state index in [0.717, 1.165) is 5.56 Å². The minimum absolute atomic E-state index is 0.100. The first-order valence-corrected chi connectivity index (χ1v) is 6.93.